The number of aryl methyl sites for hydroxylation is 1. The third-order valence-corrected chi connectivity index (χ3v) is 8.87. The van der Waals surface area contributed by atoms with Gasteiger partial charge in [-0.15, -0.1) is 11.8 Å². The van der Waals surface area contributed by atoms with Crippen molar-refractivity contribution in [3.63, 3.8) is 0 Å². The summed E-state index contributed by atoms with van der Waals surface area (Å²) in [6.07, 6.45) is 4.80. The van der Waals surface area contributed by atoms with Crippen LogP contribution in [0.4, 0.5) is 11.4 Å². The second kappa shape index (κ2) is 9.87. The number of hydrogen-bond acceptors (Lipinski definition) is 5. The molecule has 4 rings (SSSR count). The van der Waals surface area contributed by atoms with Crippen molar-refractivity contribution in [3.8, 4) is 0 Å². The van der Waals surface area contributed by atoms with Crippen LogP contribution in [0.2, 0.25) is 0 Å². The highest BCUT2D eigenvalue weighted by molar-refractivity contribution is 7.98. The lowest BCUT2D eigenvalue weighted by Gasteiger charge is -2.32. The van der Waals surface area contributed by atoms with Gasteiger partial charge in [0.05, 0.1) is 10.8 Å². The van der Waals surface area contributed by atoms with E-state index in [4.69, 9.17) is 0 Å². The number of rotatable bonds is 5. The van der Waals surface area contributed by atoms with Crippen LogP contribution in [0.1, 0.15) is 31.7 Å². The first kappa shape index (κ1) is 23.8. The van der Waals surface area contributed by atoms with Crippen LogP contribution < -0.4 is 10.2 Å². The molecule has 1 N–H and O–H groups in total. The number of nitrogens with one attached hydrogen (secondary N) is 1. The maximum atomic E-state index is 13.4. The molecule has 176 valence electrons. The number of carbonyl (C=O) groups is 2. The van der Waals surface area contributed by atoms with Crippen LogP contribution in [0.3, 0.4) is 0 Å². The van der Waals surface area contributed by atoms with Gasteiger partial charge >= 0.3 is 0 Å². The Morgan fingerprint density at radius 1 is 1.09 bits per heavy atom. The van der Waals surface area contributed by atoms with Crippen LogP contribution in [-0.4, -0.2) is 50.4 Å². The smallest absolute Gasteiger partial charge is 0.243 e. The Bertz CT molecular complexity index is 1170. The molecule has 7 nitrogen and oxygen atoms in total. The number of benzene rings is 2. The Balaban J connectivity index is 1.50. The number of carbonyl (C=O) groups excluding carboxylic acids is 2. The van der Waals surface area contributed by atoms with Gasteiger partial charge in [-0.2, -0.15) is 4.31 Å². The quantitative estimate of drug-likeness (QED) is 0.649. The highest BCUT2D eigenvalue weighted by atomic mass is 32.2. The van der Waals surface area contributed by atoms with E-state index in [1.165, 1.54) is 11.2 Å². The summed E-state index contributed by atoms with van der Waals surface area (Å²) in [5.74, 6) is -0.604. The predicted molar refractivity (Wildman–Crippen MR) is 131 cm³/mol. The van der Waals surface area contributed by atoms with E-state index >= 15 is 0 Å². The second-order valence-corrected chi connectivity index (χ2v) is 11.3. The molecule has 0 saturated carbocycles. The van der Waals surface area contributed by atoms with Gasteiger partial charge in [0.25, 0.3) is 0 Å². The molecular weight excluding hydrogens is 458 g/mol. The molecule has 33 heavy (non-hydrogen) atoms. The number of amides is 2. The Morgan fingerprint density at radius 3 is 2.67 bits per heavy atom. The Kier molecular flexibility index (Phi) is 7.11. The summed E-state index contributed by atoms with van der Waals surface area (Å²) in [6.45, 7) is 2.73. The summed E-state index contributed by atoms with van der Waals surface area (Å²) in [7, 11) is -3.74. The normalized spacial score (nSPS) is 19.1. The summed E-state index contributed by atoms with van der Waals surface area (Å²) in [6, 6.07) is 12.6. The monoisotopic (exact) mass is 487 g/mol. The first-order valence-electron chi connectivity index (χ1n) is 11.2. The summed E-state index contributed by atoms with van der Waals surface area (Å²) < 4.78 is 28.2. The standard InChI is InChI=1S/C24H29N3O4S2/c1-17(28)27-13-5-6-18-14-22(10-11-23(18)27)33(30,31)26-12-4-7-19(16-26)24(29)25-20-8-3-9-21(15-20)32-2/h3,8-11,14-15,19H,4-7,12-13,16H2,1-2H3,(H,25,29)/t19-/m0/s1. The molecule has 1 fully saturated rings. The largest absolute Gasteiger partial charge is 0.326 e. The SMILES string of the molecule is CSc1cccc(NC(=O)[C@H]2CCCN(S(=O)(=O)c3ccc4c(c3)CCCN4C(C)=O)C2)c1. The van der Waals surface area contributed by atoms with E-state index in [1.54, 1.807) is 34.9 Å². The number of thioether (sulfide) groups is 1. The molecule has 1 saturated heterocycles. The zero-order valence-electron chi connectivity index (χ0n) is 18.9. The van der Waals surface area contributed by atoms with Crippen molar-refractivity contribution < 1.29 is 18.0 Å². The highest BCUT2D eigenvalue weighted by Crippen LogP contribution is 2.32. The molecule has 0 bridgehead atoms. The summed E-state index contributed by atoms with van der Waals surface area (Å²) in [4.78, 5) is 27.8. The van der Waals surface area contributed by atoms with Crippen LogP contribution in [-0.2, 0) is 26.0 Å². The minimum Gasteiger partial charge on any atom is -0.326 e. The van der Waals surface area contributed by atoms with Gasteiger partial charge in [0.1, 0.15) is 0 Å². The van der Waals surface area contributed by atoms with Gasteiger partial charge in [0.2, 0.25) is 21.8 Å². The number of sulfonamides is 1. The first-order valence-corrected chi connectivity index (χ1v) is 13.8. The molecule has 9 heteroatoms. The van der Waals surface area contributed by atoms with Crippen LogP contribution >= 0.6 is 11.8 Å². The molecule has 2 aromatic carbocycles. The predicted octanol–water partition coefficient (Wildman–Crippen LogP) is 3.75. The average Bonchev–Trinajstić information content (AvgIpc) is 2.83. The highest BCUT2D eigenvalue weighted by Gasteiger charge is 2.34. The molecule has 0 aromatic heterocycles. The van der Waals surface area contributed by atoms with Gasteiger partial charge in [-0.25, -0.2) is 8.42 Å². The van der Waals surface area contributed by atoms with Gasteiger partial charge in [0, 0.05) is 42.8 Å². The van der Waals surface area contributed by atoms with Gasteiger partial charge in [0.15, 0.2) is 0 Å². The second-order valence-electron chi connectivity index (χ2n) is 8.49. The van der Waals surface area contributed by atoms with E-state index in [-0.39, 0.29) is 23.3 Å². The number of anilines is 2. The Morgan fingerprint density at radius 2 is 1.91 bits per heavy atom. The van der Waals surface area contributed by atoms with Gasteiger partial charge in [-0.05, 0) is 73.9 Å². The van der Waals surface area contributed by atoms with E-state index in [0.29, 0.717) is 25.9 Å². The maximum Gasteiger partial charge on any atom is 0.243 e. The number of hydrogen-bond donors (Lipinski definition) is 1. The van der Waals surface area contributed by atoms with Crippen molar-refractivity contribution in [3.05, 3.63) is 48.0 Å². The summed E-state index contributed by atoms with van der Waals surface area (Å²) >= 11 is 1.60. The fourth-order valence-corrected chi connectivity index (χ4v) is 6.56. The fourth-order valence-electron chi connectivity index (χ4n) is 4.53. The van der Waals surface area contributed by atoms with Crippen molar-refractivity contribution in [1.82, 2.24) is 4.31 Å². The molecule has 2 heterocycles. The van der Waals surface area contributed by atoms with Crippen LogP contribution in [0.25, 0.3) is 0 Å². The zero-order chi connectivity index (χ0) is 23.6. The van der Waals surface area contributed by atoms with Crippen molar-refractivity contribution in [2.75, 3.05) is 36.1 Å². The van der Waals surface area contributed by atoms with E-state index in [1.807, 2.05) is 30.5 Å². The van der Waals surface area contributed by atoms with Crippen LogP contribution in [0, 0.1) is 5.92 Å². The van der Waals surface area contributed by atoms with Crippen LogP contribution in [0.15, 0.2) is 52.3 Å². The van der Waals surface area contributed by atoms with Crippen molar-refractivity contribution in [2.24, 2.45) is 5.92 Å². The van der Waals surface area contributed by atoms with E-state index < -0.39 is 15.9 Å². The van der Waals surface area contributed by atoms with E-state index in [9.17, 15) is 18.0 Å². The molecule has 2 aliphatic rings. The average molecular weight is 488 g/mol. The number of piperidine rings is 1. The fraction of sp³-hybridized carbons (Fsp3) is 0.417. The molecule has 0 radical (unpaired) electrons. The lowest BCUT2D eigenvalue weighted by atomic mass is 9.99. The minimum atomic E-state index is -3.74. The van der Waals surface area contributed by atoms with Crippen molar-refractivity contribution >= 4 is 45.0 Å². The summed E-state index contributed by atoms with van der Waals surface area (Å²) in [5, 5.41) is 2.94. The van der Waals surface area contributed by atoms with Gasteiger partial charge in [-0.1, -0.05) is 6.07 Å². The summed E-state index contributed by atoms with van der Waals surface area (Å²) in [5.41, 5.74) is 2.38. The van der Waals surface area contributed by atoms with Crippen molar-refractivity contribution in [2.45, 2.75) is 42.4 Å². The third kappa shape index (κ3) is 5.10. The zero-order valence-corrected chi connectivity index (χ0v) is 20.5. The minimum absolute atomic E-state index is 0.0421. The first-order chi connectivity index (χ1) is 15.8. The molecule has 2 amide bonds. The Labute approximate surface area is 199 Å². The molecule has 0 spiro atoms. The van der Waals surface area contributed by atoms with Gasteiger partial charge < -0.3 is 10.2 Å². The van der Waals surface area contributed by atoms with Crippen molar-refractivity contribution in [1.29, 1.82) is 0 Å². The Hall–Kier alpha value is -2.36. The maximum absolute atomic E-state index is 13.4. The van der Waals surface area contributed by atoms with Gasteiger partial charge in [-0.3, -0.25) is 9.59 Å². The third-order valence-electron chi connectivity index (χ3n) is 6.28. The van der Waals surface area contributed by atoms with E-state index in [2.05, 4.69) is 5.32 Å². The molecule has 2 aliphatic heterocycles. The van der Waals surface area contributed by atoms with Crippen LogP contribution in [0.5, 0.6) is 0 Å². The molecule has 2 aromatic rings. The molecular formula is C24H29N3O4S2. The number of fused-ring (bicyclic) bond motifs is 1. The molecule has 1 atom stereocenters. The molecule has 0 aliphatic carbocycles. The number of nitrogens with zero attached hydrogens (tertiary/aromatic N) is 2. The lowest BCUT2D eigenvalue weighted by molar-refractivity contribution is -0.121. The van der Waals surface area contributed by atoms with E-state index in [0.717, 1.165) is 34.7 Å². The topological polar surface area (TPSA) is 86.8 Å². The lowest BCUT2D eigenvalue weighted by Crippen LogP contribution is -2.43. The molecule has 0 unspecified atom stereocenters.